The second-order valence-electron chi connectivity index (χ2n) is 9.45. The molecule has 0 N–H and O–H groups in total. The largest absolute Gasteiger partial charge is 3.00 e. The van der Waals surface area contributed by atoms with Crippen molar-refractivity contribution in [1.29, 1.82) is 0 Å². The summed E-state index contributed by atoms with van der Waals surface area (Å²) in [6.45, 7) is 23.8. The van der Waals surface area contributed by atoms with Gasteiger partial charge in [-0.1, -0.05) is 79.1 Å². The number of nitrogens with zero attached hydrogens (tertiary/aromatic N) is 2. The minimum absolute atomic E-state index is 0. The summed E-state index contributed by atoms with van der Waals surface area (Å²) in [7, 11) is 14.2. The van der Waals surface area contributed by atoms with E-state index in [9.17, 15) is 0 Å². The molecule has 0 saturated heterocycles. The van der Waals surface area contributed by atoms with Crippen molar-refractivity contribution < 1.29 is 153 Å². The van der Waals surface area contributed by atoms with Gasteiger partial charge in [-0.25, -0.2) is 0 Å². The van der Waals surface area contributed by atoms with Crippen LogP contribution >= 0.6 is 44.6 Å². The van der Waals surface area contributed by atoms with E-state index in [0.29, 0.717) is 0 Å². The molecule has 0 fully saturated rings. The first-order chi connectivity index (χ1) is 18.3. The van der Waals surface area contributed by atoms with Crippen LogP contribution in [0.25, 0.3) is 0 Å². The first-order valence-corrected chi connectivity index (χ1v) is 16.6. The summed E-state index contributed by atoms with van der Waals surface area (Å²) < 4.78 is 3.64. The van der Waals surface area contributed by atoms with Crippen LogP contribution in [0.15, 0.2) is 49.1 Å². The zero-order valence-electron chi connectivity index (χ0n) is 29.4. The predicted molar refractivity (Wildman–Crippen MR) is 183 cm³/mol. The van der Waals surface area contributed by atoms with Crippen molar-refractivity contribution in [2.75, 3.05) is 0 Å². The van der Waals surface area contributed by atoms with Crippen molar-refractivity contribution >= 4 is 97.8 Å². The molecule has 290 valence electrons. The van der Waals surface area contributed by atoms with E-state index in [1.807, 2.05) is 53.5 Å². The minimum atomic E-state index is -0.454. The summed E-state index contributed by atoms with van der Waals surface area (Å²) in [5, 5.41) is 0. The molecule has 2 nitrogen and oxygen atoms in total. The smallest absolute Gasteiger partial charge is 1.00 e. The van der Waals surface area contributed by atoms with Crippen molar-refractivity contribution in [2.45, 2.75) is 69.2 Å². The molecule has 0 bridgehead atoms. The van der Waals surface area contributed by atoms with E-state index >= 15 is 0 Å². The van der Waals surface area contributed by atoms with Crippen LogP contribution in [0.1, 0.15) is 55.6 Å². The van der Waals surface area contributed by atoms with E-state index in [2.05, 4.69) is 69.2 Å². The zero-order valence-corrected chi connectivity index (χ0v) is 44.5. The Morgan fingerprint density at radius 1 is 0.549 bits per heavy atom. The van der Waals surface area contributed by atoms with Crippen LogP contribution in [0.4, 0.5) is 0 Å². The molecule has 0 aliphatic rings. The normalized spacial score (nSPS) is 7.73. The summed E-state index contributed by atoms with van der Waals surface area (Å²) in [5.41, 5.74) is 14.2. The summed E-state index contributed by atoms with van der Waals surface area (Å²) >= 11 is 10.9. The number of rotatable bonds is 5. The first-order valence-electron chi connectivity index (χ1n) is 12.5. The van der Waals surface area contributed by atoms with Gasteiger partial charge in [0.25, 0.3) is 0 Å². The Hall–Kier alpha value is 3.62. The maximum atomic E-state index is 5.57. The van der Waals surface area contributed by atoms with E-state index in [4.69, 9.17) is 44.6 Å². The molecule has 4 rings (SSSR count). The Kier molecular flexibility index (Phi) is 78.5. The monoisotopic (exact) mass is 1090 g/mol. The number of halogens is 14. The van der Waals surface area contributed by atoms with Crippen molar-refractivity contribution in [3.8, 4) is 0 Å². The van der Waals surface area contributed by atoms with Gasteiger partial charge in [-0.15, -0.1) is 22.9 Å². The van der Waals surface area contributed by atoms with Gasteiger partial charge >= 0.3 is 63.6 Å². The van der Waals surface area contributed by atoms with Crippen molar-refractivity contribution in [3.63, 3.8) is 0 Å². The van der Waals surface area contributed by atoms with Gasteiger partial charge in [0.2, 0.25) is 17.4 Å². The maximum absolute atomic E-state index is 5.57. The molecule has 0 aliphatic heterocycles. The van der Waals surface area contributed by atoms with E-state index < -0.39 is 5.68 Å². The minimum Gasteiger partial charge on any atom is -1.00 e. The molecule has 2 aromatic carbocycles. The van der Waals surface area contributed by atoms with Crippen LogP contribution in [0.5, 0.6) is 0 Å². The molecular weight excluding hydrogens is 1060 g/mol. The van der Waals surface area contributed by atoms with Crippen LogP contribution in [-0.4, -0.2) is 62.1 Å². The van der Waals surface area contributed by atoms with Gasteiger partial charge in [-0.3, -0.25) is 0 Å². The Labute approximate surface area is 428 Å². The van der Waals surface area contributed by atoms with Crippen LogP contribution < -0.4 is 99.3 Å². The third kappa shape index (κ3) is 28.6. The fourth-order valence-corrected chi connectivity index (χ4v) is 5.94. The van der Waals surface area contributed by atoms with E-state index in [1.54, 1.807) is 30.9 Å². The van der Waals surface area contributed by atoms with Gasteiger partial charge in [0.1, 0.15) is 9.91 Å². The van der Waals surface area contributed by atoms with Crippen molar-refractivity contribution in [1.82, 2.24) is 8.96 Å². The molecule has 0 aliphatic carbocycles. The first kappa shape index (κ1) is 86.5. The van der Waals surface area contributed by atoms with Crippen molar-refractivity contribution in [3.05, 3.63) is 105 Å². The van der Waals surface area contributed by atoms with Gasteiger partial charge in [0, 0.05) is 17.1 Å². The quantitative estimate of drug-likeness (QED) is 0.139. The summed E-state index contributed by atoms with van der Waals surface area (Å²) in [5.74, 6) is 0. The molecule has 2 aromatic heterocycles. The molecule has 0 atom stereocenters. The van der Waals surface area contributed by atoms with Gasteiger partial charge in [0.15, 0.2) is 10.9 Å². The van der Waals surface area contributed by atoms with E-state index in [-0.39, 0.29) is 174 Å². The van der Waals surface area contributed by atoms with Gasteiger partial charge in [0.05, 0.1) is 0 Å². The molecule has 0 unspecified atom stereocenters. The average molecular weight is 1100 g/mol. The molecule has 4 aromatic rings. The van der Waals surface area contributed by atoms with Gasteiger partial charge < -0.3 is 108 Å². The molecule has 51 heavy (non-hydrogen) atoms. The third-order valence-electron chi connectivity index (χ3n) is 7.63. The third-order valence-corrected chi connectivity index (χ3v) is 9.85. The Morgan fingerprint density at radius 2 is 0.784 bits per heavy atom. The molecule has 0 spiro atoms. The molecule has 0 amide bonds. The summed E-state index contributed by atoms with van der Waals surface area (Å²) in [4.78, 5) is 0. The zero-order chi connectivity index (χ0) is 29.9. The molecule has 2 radical (unpaired) electrons. The maximum Gasteiger partial charge on any atom is 3.00 e. The van der Waals surface area contributed by atoms with Gasteiger partial charge in [-0.2, -0.15) is 55.6 Å². The second-order valence-corrected chi connectivity index (χ2v) is 12.5. The molecular formula is C28H38Al2B3Cl14Fe2N2-. The van der Waals surface area contributed by atoms with Gasteiger partial charge in [-0.05, 0) is 49.1 Å². The summed E-state index contributed by atoms with van der Waals surface area (Å²) in [6, 6.07) is 7.62. The van der Waals surface area contributed by atoms with E-state index in [0.717, 1.165) is 0 Å². The van der Waals surface area contributed by atoms with Crippen LogP contribution in [-0.2, 0) is 34.1 Å². The fourth-order valence-electron chi connectivity index (χ4n) is 3.97. The SMILES string of the molecule is Cc1c(C)c(C)[c-](C)c1C.Cc1c(C)c(C)[c-](C)c1C.ClB(Cl)n1cccc1.Cl[Cl+][B-]B([Cl+]Cl)n1cccc1.[Al+3].[Al+3].[Cl-].[Cl-].[Cl-].[Cl-].[Cl-].[Cl-].[Cl-].[Cl-].[Fe+2].[Fe]. The second kappa shape index (κ2) is 46.3. The topological polar surface area (TPSA) is 9.86 Å². The molecule has 0 saturated carbocycles. The Bertz CT molecular complexity index is 1070. The average Bonchev–Trinajstić information content (AvgIpc) is 3.72. The van der Waals surface area contributed by atoms with Crippen LogP contribution in [0, 0.1) is 89.1 Å². The Balaban J connectivity index is -0.0000000370. The predicted octanol–water partition coefficient (Wildman–Crippen LogP) is -15.6. The fraction of sp³-hybridized carbons (Fsp3) is 0.357. The molecule has 23 heteroatoms. The number of aromatic nitrogens is 2. The van der Waals surface area contributed by atoms with E-state index in [1.165, 1.54) is 55.6 Å². The Morgan fingerprint density at radius 3 is 0.922 bits per heavy atom. The number of hydrogen-bond acceptors (Lipinski definition) is 0. The number of hydrogen-bond donors (Lipinski definition) is 0. The van der Waals surface area contributed by atoms with Crippen LogP contribution in [0.3, 0.4) is 0 Å². The standard InChI is InChI=1S/2C10H15.C4H4B2Cl4N.C4H4BCl2N.2Al.8ClH.2Fe/c2*1-6-7(2)9(4)10(5)8(6)3;7-9-5-6(10-8)11-3-1-2-4-11;6-5(7)8-3-1-2-4-8;;;;;;;;;;;;/h2*1-5H3;1-4H;1-4H;;;8*1H;;/q2*-1;+1;;2*+3;;;;;;;;;;+2/p-8. The summed E-state index contributed by atoms with van der Waals surface area (Å²) in [6.07, 6.45) is 7.50. The van der Waals surface area contributed by atoms with Crippen LogP contribution in [0.2, 0.25) is 0 Å². The molecule has 2 heterocycles. The van der Waals surface area contributed by atoms with Crippen molar-refractivity contribution in [2.24, 2.45) is 0 Å².